The summed E-state index contributed by atoms with van der Waals surface area (Å²) in [6, 6.07) is 0.392. The first kappa shape index (κ1) is 11.9. The van der Waals surface area contributed by atoms with Crippen LogP contribution in [0.5, 0.6) is 0 Å². The van der Waals surface area contributed by atoms with Crippen molar-refractivity contribution in [3.8, 4) is 0 Å². The molecule has 0 rings (SSSR count). The molecule has 0 aromatic carbocycles. The first-order valence-corrected chi connectivity index (χ1v) is 4.81. The maximum atomic E-state index is 8.80. The van der Waals surface area contributed by atoms with Crippen molar-refractivity contribution in [3.05, 3.63) is 0 Å². The van der Waals surface area contributed by atoms with Gasteiger partial charge in [0.1, 0.15) is 0 Å². The zero-order valence-corrected chi connectivity index (χ0v) is 8.29. The fourth-order valence-electron chi connectivity index (χ4n) is 1.19. The first-order chi connectivity index (χ1) is 5.76. The van der Waals surface area contributed by atoms with E-state index in [1.165, 1.54) is 12.8 Å². The van der Waals surface area contributed by atoms with Crippen molar-refractivity contribution in [1.29, 1.82) is 0 Å². The highest BCUT2D eigenvalue weighted by atomic mass is 16.3. The molecule has 0 radical (unpaired) electrons. The van der Waals surface area contributed by atoms with Gasteiger partial charge >= 0.3 is 0 Å². The Morgan fingerprint density at radius 3 is 2.50 bits per heavy atom. The Balaban J connectivity index is 3.68. The second-order valence-electron chi connectivity index (χ2n) is 3.20. The third-order valence-corrected chi connectivity index (χ3v) is 2.15. The monoisotopic (exact) mass is 174 g/mol. The molecule has 74 valence electrons. The van der Waals surface area contributed by atoms with Crippen molar-refractivity contribution in [2.45, 2.75) is 32.7 Å². The van der Waals surface area contributed by atoms with Crippen LogP contribution in [0.2, 0.25) is 0 Å². The van der Waals surface area contributed by atoms with E-state index in [0.717, 1.165) is 13.1 Å². The van der Waals surface area contributed by atoms with E-state index in [-0.39, 0.29) is 6.61 Å². The van der Waals surface area contributed by atoms with Gasteiger partial charge in [-0.1, -0.05) is 13.3 Å². The fourth-order valence-corrected chi connectivity index (χ4v) is 1.19. The largest absolute Gasteiger partial charge is 0.395 e. The minimum Gasteiger partial charge on any atom is -0.395 e. The molecular formula is C9H22N2O. The number of aliphatic hydroxyl groups excluding tert-OH is 1. The maximum Gasteiger partial charge on any atom is 0.0558 e. The van der Waals surface area contributed by atoms with Crippen LogP contribution in [0.1, 0.15) is 26.7 Å². The lowest BCUT2D eigenvalue weighted by Crippen LogP contribution is -2.40. The number of unbranched alkanes of at least 4 members (excludes halogenated alkanes) is 1. The standard InChI is InChI=1S/C9H22N2O/c1-3-4-5-11(6-7-12)9(2)8-10/h9,12H,3-8,10H2,1-2H3. The Kier molecular flexibility index (Phi) is 7.45. The van der Waals surface area contributed by atoms with Crippen molar-refractivity contribution >= 4 is 0 Å². The summed E-state index contributed by atoms with van der Waals surface area (Å²) in [6.07, 6.45) is 2.38. The van der Waals surface area contributed by atoms with Crippen LogP contribution in [0.4, 0.5) is 0 Å². The van der Waals surface area contributed by atoms with E-state index in [1.807, 2.05) is 0 Å². The molecule has 3 N–H and O–H groups in total. The molecule has 0 heterocycles. The number of nitrogens with two attached hydrogens (primary N) is 1. The van der Waals surface area contributed by atoms with Crippen molar-refractivity contribution in [2.75, 3.05) is 26.2 Å². The molecule has 0 fully saturated rings. The minimum atomic E-state index is 0.230. The first-order valence-electron chi connectivity index (χ1n) is 4.81. The lowest BCUT2D eigenvalue weighted by molar-refractivity contribution is 0.159. The van der Waals surface area contributed by atoms with Gasteiger partial charge in [-0.3, -0.25) is 4.90 Å². The van der Waals surface area contributed by atoms with E-state index >= 15 is 0 Å². The van der Waals surface area contributed by atoms with Gasteiger partial charge in [-0.25, -0.2) is 0 Å². The molecule has 1 unspecified atom stereocenters. The van der Waals surface area contributed by atoms with Gasteiger partial charge < -0.3 is 10.8 Å². The SMILES string of the molecule is CCCCN(CCO)C(C)CN. The second-order valence-corrected chi connectivity index (χ2v) is 3.20. The van der Waals surface area contributed by atoms with E-state index in [9.17, 15) is 0 Å². The van der Waals surface area contributed by atoms with Crippen LogP contribution in [-0.2, 0) is 0 Å². The van der Waals surface area contributed by atoms with Gasteiger partial charge in [0.05, 0.1) is 6.61 Å². The number of nitrogens with zero attached hydrogens (tertiary/aromatic N) is 1. The van der Waals surface area contributed by atoms with Crippen LogP contribution in [0.3, 0.4) is 0 Å². The van der Waals surface area contributed by atoms with Crippen molar-refractivity contribution in [3.63, 3.8) is 0 Å². The zero-order valence-electron chi connectivity index (χ0n) is 8.29. The number of aliphatic hydroxyl groups is 1. The molecule has 0 amide bonds. The minimum absolute atomic E-state index is 0.230. The molecule has 0 saturated carbocycles. The molecule has 1 atom stereocenters. The van der Waals surface area contributed by atoms with Crippen LogP contribution in [0.25, 0.3) is 0 Å². The van der Waals surface area contributed by atoms with Crippen LogP contribution in [0, 0.1) is 0 Å². The Hall–Kier alpha value is -0.120. The molecule has 0 aliphatic heterocycles. The third-order valence-electron chi connectivity index (χ3n) is 2.15. The topological polar surface area (TPSA) is 49.5 Å². The third kappa shape index (κ3) is 4.70. The summed E-state index contributed by atoms with van der Waals surface area (Å²) in [4.78, 5) is 2.24. The normalized spacial score (nSPS) is 13.8. The highest BCUT2D eigenvalue weighted by molar-refractivity contribution is 4.67. The lowest BCUT2D eigenvalue weighted by Gasteiger charge is -2.27. The van der Waals surface area contributed by atoms with E-state index in [1.54, 1.807) is 0 Å². The molecule has 3 nitrogen and oxygen atoms in total. The van der Waals surface area contributed by atoms with Gasteiger partial charge in [-0.15, -0.1) is 0 Å². The van der Waals surface area contributed by atoms with E-state index in [0.29, 0.717) is 12.6 Å². The predicted octanol–water partition coefficient (Wildman–Crippen LogP) is 0.428. The van der Waals surface area contributed by atoms with Crippen molar-refractivity contribution < 1.29 is 5.11 Å². The molecule has 0 saturated heterocycles. The number of rotatable bonds is 7. The number of hydrogen-bond acceptors (Lipinski definition) is 3. The van der Waals surface area contributed by atoms with Crippen LogP contribution in [0.15, 0.2) is 0 Å². The van der Waals surface area contributed by atoms with Gasteiger partial charge in [0, 0.05) is 19.1 Å². The molecule has 0 aliphatic rings. The molecular weight excluding hydrogens is 152 g/mol. The summed E-state index contributed by atoms with van der Waals surface area (Å²) < 4.78 is 0. The molecule has 0 bridgehead atoms. The van der Waals surface area contributed by atoms with Crippen molar-refractivity contribution in [2.24, 2.45) is 5.73 Å². The molecule has 3 heteroatoms. The zero-order chi connectivity index (χ0) is 9.40. The molecule has 0 aliphatic carbocycles. The quantitative estimate of drug-likeness (QED) is 0.588. The predicted molar refractivity (Wildman–Crippen MR) is 52.1 cm³/mol. The van der Waals surface area contributed by atoms with E-state index in [2.05, 4.69) is 18.7 Å². The molecule has 0 aromatic rings. The highest BCUT2D eigenvalue weighted by Gasteiger charge is 2.09. The Morgan fingerprint density at radius 1 is 1.42 bits per heavy atom. The summed E-state index contributed by atoms with van der Waals surface area (Å²) >= 11 is 0. The summed E-state index contributed by atoms with van der Waals surface area (Å²) in [6.45, 7) is 6.97. The smallest absolute Gasteiger partial charge is 0.0558 e. The van der Waals surface area contributed by atoms with Crippen LogP contribution in [-0.4, -0.2) is 42.3 Å². The van der Waals surface area contributed by atoms with Gasteiger partial charge in [0.15, 0.2) is 0 Å². The fraction of sp³-hybridized carbons (Fsp3) is 1.00. The van der Waals surface area contributed by atoms with Crippen LogP contribution < -0.4 is 5.73 Å². The van der Waals surface area contributed by atoms with Gasteiger partial charge in [0.25, 0.3) is 0 Å². The lowest BCUT2D eigenvalue weighted by atomic mass is 10.2. The summed E-state index contributed by atoms with van der Waals surface area (Å²) in [5.41, 5.74) is 5.55. The van der Waals surface area contributed by atoms with Crippen LogP contribution >= 0.6 is 0 Å². The summed E-state index contributed by atoms with van der Waals surface area (Å²) in [5.74, 6) is 0. The molecule has 12 heavy (non-hydrogen) atoms. The average molecular weight is 174 g/mol. The van der Waals surface area contributed by atoms with Gasteiger partial charge in [-0.05, 0) is 19.9 Å². The van der Waals surface area contributed by atoms with Gasteiger partial charge in [0.2, 0.25) is 0 Å². The van der Waals surface area contributed by atoms with E-state index < -0.39 is 0 Å². The number of hydrogen-bond donors (Lipinski definition) is 2. The van der Waals surface area contributed by atoms with Crippen molar-refractivity contribution in [1.82, 2.24) is 4.90 Å². The molecule has 0 spiro atoms. The average Bonchev–Trinajstić information content (AvgIpc) is 2.11. The van der Waals surface area contributed by atoms with Gasteiger partial charge in [-0.2, -0.15) is 0 Å². The Bertz CT molecular complexity index is 98.5. The second kappa shape index (κ2) is 7.53. The van der Waals surface area contributed by atoms with E-state index in [4.69, 9.17) is 10.8 Å². The Morgan fingerprint density at radius 2 is 2.08 bits per heavy atom. The molecule has 0 aromatic heterocycles. The Labute approximate surface area is 75.6 Å². The highest BCUT2D eigenvalue weighted by Crippen LogP contribution is 1.99. The maximum absolute atomic E-state index is 8.80. The summed E-state index contributed by atoms with van der Waals surface area (Å²) in [7, 11) is 0. The summed E-state index contributed by atoms with van der Waals surface area (Å²) in [5, 5.41) is 8.80.